The van der Waals surface area contributed by atoms with Gasteiger partial charge in [-0.25, -0.2) is 17.2 Å². The van der Waals surface area contributed by atoms with Crippen LogP contribution in [0.25, 0.3) is 0 Å². The Balaban J connectivity index is 1.61. The fourth-order valence-electron chi connectivity index (χ4n) is 3.07. The molecular weight excluding hydrogens is 390 g/mol. The Morgan fingerprint density at radius 2 is 1.75 bits per heavy atom. The van der Waals surface area contributed by atoms with Gasteiger partial charge < -0.3 is 10.1 Å². The summed E-state index contributed by atoms with van der Waals surface area (Å²) in [5, 5.41) is 2.68. The maximum absolute atomic E-state index is 13.7. The molecule has 1 heterocycles. The number of carbonyl (C=O) groups excluding carboxylic acids is 1. The van der Waals surface area contributed by atoms with E-state index in [1.807, 2.05) is 0 Å². The number of benzene rings is 2. The summed E-state index contributed by atoms with van der Waals surface area (Å²) < 4.78 is 58.5. The van der Waals surface area contributed by atoms with Crippen molar-refractivity contribution in [2.24, 2.45) is 0 Å². The molecule has 2 aromatic carbocycles. The van der Waals surface area contributed by atoms with E-state index in [4.69, 9.17) is 4.74 Å². The highest BCUT2D eigenvalue weighted by molar-refractivity contribution is 7.89. The first-order valence-electron chi connectivity index (χ1n) is 8.71. The van der Waals surface area contributed by atoms with E-state index in [0.717, 1.165) is 12.1 Å². The quantitative estimate of drug-likeness (QED) is 0.822. The van der Waals surface area contributed by atoms with Crippen LogP contribution in [0.1, 0.15) is 23.2 Å². The lowest BCUT2D eigenvalue weighted by Gasteiger charge is -2.31. The molecule has 0 unspecified atom stereocenters. The van der Waals surface area contributed by atoms with Gasteiger partial charge in [-0.2, -0.15) is 4.31 Å². The van der Waals surface area contributed by atoms with Crippen LogP contribution in [0.2, 0.25) is 0 Å². The summed E-state index contributed by atoms with van der Waals surface area (Å²) in [5.74, 6) is -1.77. The van der Waals surface area contributed by atoms with Crippen LogP contribution in [0.15, 0.2) is 47.4 Å². The second-order valence-corrected chi connectivity index (χ2v) is 8.39. The van der Waals surface area contributed by atoms with E-state index in [1.165, 1.54) is 23.5 Å². The van der Waals surface area contributed by atoms with Crippen molar-refractivity contribution in [1.29, 1.82) is 0 Å². The summed E-state index contributed by atoms with van der Waals surface area (Å²) in [6.45, 7) is 0.455. The number of hydrogen-bond acceptors (Lipinski definition) is 4. The molecule has 1 N–H and O–H groups in total. The lowest BCUT2D eigenvalue weighted by molar-refractivity contribution is 0.0919. The van der Waals surface area contributed by atoms with Gasteiger partial charge in [0.2, 0.25) is 10.0 Å². The number of piperidine rings is 1. The van der Waals surface area contributed by atoms with Crippen molar-refractivity contribution < 1.29 is 26.7 Å². The molecular formula is C19H20F2N2O4S. The maximum Gasteiger partial charge on any atom is 0.254 e. The van der Waals surface area contributed by atoms with Gasteiger partial charge in [0.15, 0.2) is 0 Å². The van der Waals surface area contributed by atoms with Crippen LogP contribution in [0.5, 0.6) is 5.75 Å². The van der Waals surface area contributed by atoms with Gasteiger partial charge in [0.05, 0.1) is 17.6 Å². The number of sulfonamides is 1. The van der Waals surface area contributed by atoms with Crippen LogP contribution in [0.3, 0.4) is 0 Å². The SMILES string of the molecule is COc1ccc(S(=O)(=O)N2CCC(NC(=O)c3ccc(F)cc3F)CC2)cc1. The average molecular weight is 410 g/mol. The van der Waals surface area contributed by atoms with Crippen molar-refractivity contribution in [2.45, 2.75) is 23.8 Å². The van der Waals surface area contributed by atoms with E-state index in [1.54, 1.807) is 12.1 Å². The van der Waals surface area contributed by atoms with Crippen LogP contribution in [0, 0.1) is 11.6 Å². The second-order valence-electron chi connectivity index (χ2n) is 6.45. The number of ether oxygens (including phenoxy) is 1. The standard InChI is InChI=1S/C19H20F2N2O4S/c1-27-15-3-5-16(6-4-15)28(25,26)23-10-8-14(9-11-23)22-19(24)17-7-2-13(20)12-18(17)21/h2-7,12,14H,8-11H2,1H3,(H,22,24). The highest BCUT2D eigenvalue weighted by Gasteiger charge is 2.30. The van der Waals surface area contributed by atoms with Crippen molar-refractivity contribution in [3.05, 3.63) is 59.7 Å². The maximum atomic E-state index is 13.7. The average Bonchev–Trinajstić information content (AvgIpc) is 2.68. The summed E-state index contributed by atoms with van der Waals surface area (Å²) in [7, 11) is -2.14. The molecule has 3 rings (SSSR count). The normalized spacial score (nSPS) is 16.0. The molecule has 1 aliphatic rings. The molecule has 1 aliphatic heterocycles. The Morgan fingerprint density at radius 1 is 1.11 bits per heavy atom. The molecule has 0 bridgehead atoms. The van der Waals surface area contributed by atoms with Crippen LogP contribution >= 0.6 is 0 Å². The third-order valence-corrected chi connectivity index (χ3v) is 6.57. The van der Waals surface area contributed by atoms with Gasteiger partial charge in [-0.3, -0.25) is 4.79 Å². The molecule has 150 valence electrons. The molecule has 0 aliphatic carbocycles. The summed E-state index contributed by atoms with van der Waals surface area (Å²) in [5.41, 5.74) is -0.241. The van der Waals surface area contributed by atoms with E-state index in [9.17, 15) is 22.0 Å². The van der Waals surface area contributed by atoms with E-state index in [-0.39, 0.29) is 29.6 Å². The third-order valence-electron chi connectivity index (χ3n) is 4.66. The summed E-state index contributed by atoms with van der Waals surface area (Å²) in [4.78, 5) is 12.4. The van der Waals surface area contributed by atoms with Gasteiger partial charge in [0, 0.05) is 25.2 Å². The third kappa shape index (κ3) is 4.31. The number of amides is 1. The molecule has 0 radical (unpaired) electrons. The monoisotopic (exact) mass is 410 g/mol. The minimum atomic E-state index is -3.64. The largest absolute Gasteiger partial charge is 0.497 e. The van der Waals surface area contributed by atoms with E-state index in [0.29, 0.717) is 24.7 Å². The first-order valence-corrected chi connectivity index (χ1v) is 10.2. The fraction of sp³-hybridized carbons (Fsp3) is 0.316. The molecule has 0 aromatic heterocycles. The number of carbonyl (C=O) groups is 1. The van der Waals surface area contributed by atoms with Gasteiger partial charge in [-0.05, 0) is 49.2 Å². The molecule has 0 saturated carbocycles. The zero-order valence-electron chi connectivity index (χ0n) is 15.2. The second kappa shape index (κ2) is 8.24. The number of nitrogens with one attached hydrogen (secondary N) is 1. The van der Waals surface area contributed by atoms with E-state index in [2.05, 4.69) is 5.32 Å². The smallest absolute Gasteiger partial charge is 0.254 e. The first kappa shape index (κ1) is 20.2. The van der Waals surface area contributed by atoms with Crippen LogP contribution < -0.4 is 10.1 Å². The molecule has 1 saturated heterocycles. The number of hydrogen-bond donors (Lipinski definition) is 1. The molecule has 0 atom stereocenters. The van der Waals surface area contributed by atoms with Gasteiger partial charge in [-0.1, -0.05) is 0 Å². The van der Waals surface area contributed by atoms with Gasteiger partial charge >= 0.3 is 0 Å². The lowest BCUT2D eigenvalue weighted by Crippen LogP contribution is -2.46. The van der Waals surface area contributed by atoms with Crippen molar-refractivity contribution in [3.63, 3.8) is 0 Å². The Kier molecular flexibility index (Phi) is 5.95. The highest BCUT2D eigenvalue weighted by atomic mass is 32.2. The van der Waals surface area contributed by atoms with Gasteiger partial charge in [0.25, 0.3) is 5.91 Å². The molecule has 28 heavy (non-hydrogen) atoms. The Bertz CT molecular complexity index is 956. The number of halogens is 2. The van der Waals surface area contributed by atoms with Crippen LogP contribution in [-0.2, 0) is 10.0 Å². The summed E-state index contributed by atoms with van der Waals surface area (Å²) in [6, 6.07) is 8.59. The fourth-order valence-corrected chi connectivity index (χ4v) is 4.54. The molecule has 2 aromatic rings. The Labute approximate surface area is 162 Å². The number of rotatable bonds is 5. The minimum absolute atomic E-state index is 0.171. The zero-order valence-corrected chi connectivity index (χ0v) is 16.0. The predicted octanol–water partition coefficient (Wildman–Crippen LogP) is 2.56. The molecule has 9 heteroatoms. The van der Waals surface area contributed by atoms with Crippen LogP contribution in [0.4, 0.5) is 8.78 Å². The predicted molar refractivity (Wildman–Crippen MR) is 98.6 cm³/mol. The molecule has 1 fully saturated rings. The molecule has 6 nitrogen and oxygen atoms in total. The topological polar surface area (TPSA) is 75.7 Å². The minimum Gasteiger partial charge on any atom is -0.497 e. The van der Waals surface area contributed by atoms with Gasteiger partial charge in [0.1, 0.15) is 17.4 Å². The number of methoxy groups -OCH3 is 1. The van der Waals surface area contributed by atoms with E-state index >= 15 is 0 Å². The molecule has 1 amide bonds. The zero-order chi connectivity index (χ0) is 20.3. The number of nitrogens with zero attached hydrogens (tertiary/aromatic N) is 1. The highest BCUT2D eigenvalue weighted by Crippen LogP contribution is 2.23. The first-order chi connectivity index (χ1) is 13.3. The van der Waals surface area contributed by atoms with Crippen molar-refractivity contribution in [1.82, 2.24) is 9.62 Å². The van der Waals surface area contributed by atoms with Crippen LogP contribution in [-0.4, -0.2) is 44.9 Å². The molecule has 0 spiro atoms. The van der Waals surface area contributed by atoms with E-state index < -0.39 is 27.6 Å². The lowest BCUT2D eigenvalue weighted by atomic mass is 10.1. The van der Waals surface area contributed by atoms with Crippen molar-refractivity contribution in [3.8, 4) is 5.75 Å². The Hall–Kier alpha value is -2.52. The summed E-state index contributed by atoms with van der Waals surface area (Å²) >= 11 is 0. The van der Waals surface area contributed by atoms with Crippen molar-refractivity contribution >= 4 is 15.9 Å². The summed E-state index contributed by atoms with van der Waals surface area (Å²) in [6.07, 6.45) is 0.786. The van der Waals surface area contributed by atoms with Crippen molar-refractivity contribution in [2.75, 3.05) is 20.2 Å². The Morgan fingerprint density at radius 3 is 2.32 bits per heavy atom. The van der Waals surface area contributed by atoms with Gasteiger partial charge in [-0.15, -0.1) is 0 Å².